The third-order valence-corrected chi connectivity index (χ3v) is 6.79. The molecule has 0 unspecified atom stereocenters. The Balaban J connectivity index is 1.35. The molecule has 1 fully saturated rings. The quantitative estimate of drug-likeness (QED) is 0.484. The fourth-order valence-electron chi connectivity index (χ4n) is 4.16. The Morgan fingerprint density at radius 3 is 2.64 bits per heavy atom. The number of hydrazine groups is 1. The van der Waals surface area contributed by atoms with Crippen LogP contribution in [-0.4, -0.2) is 57.2 Å². The van der Waals surface area contributed by atoms with Crippen LogP contribution < -0.4 is 15.8 Å². The third-order valence-electron chi connectivity index (χ3n) is 6.00. The van der Waals surface area contributed by atoms with Gasteiger partial charge in [-0.3, -0.25) is 14.6 Å². The average Bonchev–Trinajstić information content (AvgIpc) is 3.59. The molecule has 4 atom stereocenters. The lowest BCUT2D eigenvalue weighted by atomic mass is 10.1. The zero-order chi connectivity index (χ0) is 23.5. The van der Waals surface area contributed by atoms with Crippen LogP contribution in [0.2, 0.25) is 0 Å². The Labute approximate surface area is 196 Å². The number of likely N-dealkylation sites (tertiary alicyclic amines) is 1. The summed E-state index contributed by atoms with van der Waals surface area (Å²) in [6, 6.07) is 6.94. The first-order valence-electron chi connectivity index (χ1n) is 11.0. The summed E-state index contributed by atoms with van der Waals surface area (Å²) >= 11 is 1.50. The molecule has 9 nitrogen and oxygen atoms in total. The van der Waals surface area contributed by atoms with Crippen LogP contribution in [0.4, 0.5) is 5.69 Å². The van der Waals surface area contributed by atoms with Gasteiger partial charge in [0.15, 0.2) is 12.2 Å². The molecule has 176 valence electrons. The summed E-state index contributed by atoms with van der Waals surface area (Å²) in [7, 11) is 0. The molecule has 2 aliphatic rings. The number of amides is 2. The SMILES string of the molecule is Cc1nc([C@@H]2CCCN2C(=O)[C@H](O)[C@@H](O)C(=O)N[C@H](C)c2ccc(N3C=CCN3)cc2)cs1. The van der Waals surface area contributed by atoms with Crippen LogP contribution >= 0.6 is 11.3 Å². The van der Waals surface area contributed by atoms with E-state index in [1.807, 2.05) is 53.9 Å². The predicted molar refractivity (Wildman–Crippen MR) is 125 cm³/mol. The van der Waals surface area contributed by atoms with Crippen molar-refractivity contribution in [1.29, 1.82) is 0 Å². The molecule has 0 spiro atoms. The average molecular weight is 472 g/mol. The number of hydrogen-bond acceptors (Lipinski definition) is 8. The molecule has 2 aromatic rings. The number of hydrogen-bond donors (Lipinski definition) is 4. The smallest absolute Gasteiger partial charge is 0.255 e. The number of aryl methyl sites for hydroxylation is 1. The van der Waals surface area contributed by atoms with Gasteiger partial charge in [-0.05, 0) is 44.4 Å². The first-order chi connectivity index (χ1) is 15.8. The van der Waals surface area contributed by atoms with E-state index in [4.69, 9.17) is 0 Å². The normalized spacial score (nSPS) is 20.7. The molecule has 33 heavy (non-hydrogen) atoms. The van der Waals surface area contributed by atoms with E-state index in [0.29, 0.717) is 6.54 Å². The molecular formula is C23H29N5O4S. The van der Waals surface area contributed by atoms with Crippen molar-refractivity contribution in [3.8, 4) is 0 Å². The number of aliphatic hydroxyl groups excluding tert-OH is 2. The van der Waals surface area contributed by atoms with E-state index in [1.165, 1.54) is 16.2 Å². The van der Waals surface area contributed by atoms with E-state index in [1.54, 1.807) is 6.92 Å². The van der Waals surface area contributed by atoms with Crippen LogP contribution in [0.1, 0.15) is 48.1 Å². The van der Waals surface area contributed by atoms with Crippen molar-refractivity contribution >= 4 is 28.8 Å². The van der Waals surface area contributed by atoms with Crippen LogP contribution in [-0.2, 0) is 9.59 Å². The monoisotopic (exact) mass is 471 g/mol. The third kappa shape index (κ3) is 5.09. The highest BCUT2D eigenvalue weighted by molar-refractivity contribution is 7.09. The summed E-state index contributed by atoms with van der Waals surface area (Å²) in [5.41, 5.74) is 5.76. The molecule has 1 aromatic heterocycles. The number of carbonyl (C=O) groups is 2. The van der Waals surface area contributed by atoms with Crippen LogP contribution in [0.15, 0.2) is 41.9 Å². The molecule has 0 saturated carbocycles. The number of aromatic nitrogens is 1. The maximum absolute atomic E-state index is 12.9. The van der Waals surface area contributed by atoms with E-state index < -0.39 is 30.1 Å². The fourth-order valence-corrected chi connectivity index (χ4v) is 4.82. The van der Waals surface area contributed by atoms with Crippen molar-refractivity contribution in [2.24, 2.45) is 0 Å². The Kier molecular flexibility index (Phi) is 7.08. The molecule has 0 radical (unpaired) electrons. The van der Waals surface area contributed by atoms with E-state index in [-0.39, 0.29) is 6.04 Å². The van der Waals surface area contributed by atoms with Gasteiger partial charge in [-0.15, -0.1) is 11.3 Å². The standard InChI is InChI=1S/C23H29N5O4S/c1-14(16-6-8-17(9-7-16)28-12-4-10-24-28)25-22(31)20(29)21(30)23(32)27-11-3-5-19(27)18-13-33-15(2)26-18/h4,6-9,12-14,19-21,24,29-30H,3,5,10-11H2,1-2H3,(H,25,31)/t14-,19+,20-,21-/m1/s1. The second kappa shape index (κ2) is 10.0. The predicted octanol–water partition coefficient (Wildman–Crippen LogP) is 1.55. The van der Waals surface area contributed by atoms with Crippen molar-refractivity contribution in [2.75, 3.05) is 18.1 Å². The van der Waals surface area contributed by atoms with Crippen LogP contribution in [0.25, 0.3) is 0 Å². The summed E-state index contributed by atoms with van der Waals surface area (Å²) in [6.07, 6.45) is 1.75. The van der Waals surface area contributed by atoms with Gasteiger partial charge in [-0.1, -0.05) is 18.2 Å². The van der Waals surface area contributed by atoms with Crippen molar-refractivity contribution in [3.63, 3.8) is 0 Å². The van der Waals surface area contributed by atoms with Crippen LogP contribution in [0.3, 0.4) is 0 Å². The Hall–Kier alpha value is -2.79. The van der Waals surface area contributed by atoms with Gasteiger partial charge in [0.05, 0.1) is 28.5 Å². The number of benzene rings is 1. The van der Waals surface area contributed by atoms with Gasteiger partial charge in [-0.25, -0.2) is 10.4 Å². The number of anilines is 1. The van der Waals surface area contributed by atoms with E-state index >= 15 is 0 Å². The fraction of sp³-hybridized carbons (Fsp3) is 0.435. The van der Waals surface area contributed by atoms with Crippen molar-refractivity contribution in [3.05, 3.63) is 58.2 Å². The zero-order valence-electron chi connectivity index (χ0n) is 18.6. The van der Waals surface area contributed by atoms with Crippen molar-refractivity contribution in [2.45, 2.75) is 51.0 Å². The maximum atomic E-state index is 12.9. The Morgan fingerprint density at radius 2 is 2.00 bits per heavy atom. The van der Waals surface area contributed by atoms with Crippen LogP contribution in [0.5, 0.6) is 0 Å². The van der Waals surface area contributed by atoms with E-state index in [0.717, 1.165) is 41.3 Å². The summed E-state index contributed by atoms with van der Waals surface area (Å²) in [5, 5.41) is 28.3. The number of nitrogens with zero attached hydrogens (tertiary/aromatic N) is 3. The number of carbonyl (C=O) groups excluding carboxylic acids is 2. The van der Waals surface area contributed by atoms with Gasteiger partial charge in [0, 0.05) is 24.7 Å². The van der Waals surface area contributed by atoms with Crippen molar-refractivity contribution < 1.29 is 19.8 Å². The zero-order valence-corrected chi connectivity index (χ0v) is 19.5. The molecule has 3 heterocycles. The number of aliphatic hydroxyl groups is 2. The molecule has 1 aromatic carbocycles. The van der Waals surface area contributed by atoms with Gasteiger partial charge in [0.1, 0.15) is 0 Å². The minimum absolute atomic E-state index is 0.246. The molecule has 0 bridgehead atoms. The Morgan fingerprint density at radius 1 is 1.24 bits per heavy atom. The van der Waals surface area contributed by atoms with Crippen LogP contribution in [0, 0.1) is 6.92 Å². The highest BCUT2D eigenvalue weighted by Gasteiger charge is 2.39. The number of nitrogens with one attached hydrogen (secondary N) is 2. The maximum Gasteiger partial charge on any atom is 0.255 e. The van der Waals surface area contributed by atoms with E-state index in [9.17, 15) is 19.8 Å². The Bertz CT molecular complexity index is 1020. The molecule has 0 aliphatic carbocycles. The second-order valence-electron chi connectivity index (χ2n) is 8.31. The largest absolute Gasteiger partial charge is 0.380 e. The molecule has 10 heteroatoms. The molecule has 4 N–H and O–H groups in total. The van der Waals surface area contributed by atoms with E-state index in [2.05, 4.69) is 15.7 Å². The first-order valence-corrected chi connectivity index (χ1v) is 11.9. The molecule has 2 amide bonds. The van der Waals surface area contributed by atoms with Gasteiger partial charge in [-0.2, -0.15) is 0 Å². The molecule has 4 rings (SSSR count). The highest BCUT2D eigenvalue weighted by Crippen LogP contribution is 2.33. The first kappa shape index (κ1) is 23.4. The lowest BCUT2D eigenvalue weighted by Crippen LogP contribution is -2.51. The molecule has 2 aliphatic heterocycles. The summed E-state index contributed by atoms with van der Waals surface area (Å²) in [4.78, 5) is 31.5. The number of thiazole rings is 1. The minimum atomic E-state index is -1.86. The molecule has 1 saturated heterocycles. The lowest BCUT2D eigenvalue weighted by Gasteiger charge is -2.28. The topological polar surface area (TPSA) is 118 Å². The van der Waals surface area contributed by atoms with Gasteiger partial charge in [0.2, 0.25) is 0 Å². The molecular weight excluding hydrogens is 442 g/mol. The minimum Gasteiger partial charge on any atom is -0.380 e. The number of rotatable bonds is 7. The lowest BCUT2D eigenvalue weighted by molar-refractivity contribution is -0.154. The van der Waals surface area contributed by atoms with Crippen molar-refractivity contribution in [1.82, 2.24) is 20.6 Å². The second-order valence-corrected chi connectivity index (χ2v) is 9.37. The van der Waals surface area contributed by atoms with Gasteiger partial charge >= 0.3 is 0 Å². The summed E-state index contributed by atoms with van der Waals surface area (Å²) in [6.45, 7) is 4.90. The summed E-state index contributed by atoms with van der Waals surface area (Å²) in [5.74, 6) is -1.45. The highest BCUT2D eigenvalue weighted by atomic mass is 32.1. The summed E-state index contributed by atoms with van der Waals surface area (Å²) < 4.78 is 0. The van der Waals surface area contributed by atoms with Gasteiger partial charge in [0.25, 0.3) is 11.8 Å². The van der Waals surface area contributed by atoms with Gasteiger partial charge < -0.3 is 20.4 Å².